The lowest BCUT2D eigenvalue weighted by molar-refractivity contribution is 0.487. The Hall–Kier alpha value is -0.930. The number of nitrogens with zero attached hydrogens (tertiary/aromatic N) is 1. The predicted molar refractivity (Wildman–Crippen MR) is 58.9 cm³/mol. The Morgan fingerprint density at radius 2 is 2.21 bits per heavy atom. The van der Waals surface area contributed by atoms with Crippen LogP contribution in [-0.4, -0.2) is 18.1 Å². The number of nitrogens with two attached hydrogens (primary N) is 1. The third kappa shape index (κ3) is 3.44. The fourth-order valence-electron chi connectivity index (χ4n) is 1.45. The standard InChI is InChI=1S/C11H19N3/c1-9(12)6-7-10(13-2)11-5-3-4-8-14-11/h3-5,8-10,13H,6-7,12H2,1-2H3. The summed E-state index contributed by atoms with van der Waals surface area (Å²) in [7, 11) is 1.96. The highest BCUT2D eigenvalue weighted by atomic mass is 14.9. The maximum Gasteiger partial charge on any atom is 0.0573 e. The average Bonchev–Trinajstić information content (AvgIpc) is 2.20. The van der Waals surface area contributed by atoms with Gasteiger partial charge in [0.25, 0.3) is 0 Å². The SMILES string of the molecule is CNC(CCC(C)N)c1ccccn1. The van der Waals surface area contributed by atoms with Crippen LogP contribution in [0.2, 0.25) is 0 Å². The molecule has 1 heterocycles. The largest absolute Gasteiger partial charge is 0.328 e. The van der Waals surface area contributed by atoms with Crippen molar-refractivity contribution in [3.63, 3.8) is 0 Å². The molecule has 1 aromatic heterocycles. The van der Waals surface area contributed by atoms with Crippen LogP contribution in [0.1, 0.15) is 31.5 Å². The van der Waals surface area contributed by atoms with E-state index >= 15 is 0 Å². The van der Waals surface area contributed by atoms with Crippen molar-refractivity contribution in [2.75, 3.05) is 7.05 Å². The Balaban J connectivity index is 2.54. The Kier molecular flexibility index (Phi) is 4.56. The van der Waals surface area contributed by atoms with E-state index in [2.05, 4.69) is 10.3 Å². The molecule has 0 fully saturated rings. The van der Waals surface area contributed by atoms with Crippen molar-refractivity contribution in [2.24, 2.45) is 5.73 Å². The van der Waals surface area contributed by atoms with Crippen molar-refractivity contribution in [3.05, 3.63) is 30.1 Å². The lowest BCUT2D eigenvalue weighted by Crippen LogP contribution is -2.22. The van der Waals surface area contributed by atoms with Crippen molar-refractivity contribution in [1.82, 2.24) is 10.3 Å². The summed E-state index contributed by atoms with van der Waals surface area (Å²) < 4.78 is 0. The van der Waals surface area contributed by atoms with Gasteiger partial charge >= 0.3 is 0 Å². The van der Waals surface area contributed by atoms with Gasteiger partial charge in [0.15, 0.2) is 0 Å². The number of nitrogens with one attached hydrogen (secondary N) is 1. The summed E-state index contributed by atoms with van der Waals surface area (Å²) in [6.07, 6.45) is 3.87. The second-order valence-electron chi connectivity index (χ2n) is 3.65. The van der Waals surface area contributed by atoms with E-state index in [1.165, 1.54) is 0 Å². The molecule has 0 aliphatic heterocycles. The second-order valence-corrected chi connectivity index (χ2v) is 3.65. The zero-order chi connectivity index (χ0) is 10.4. The van der Waals surface area contributed by atoms with Gasteiger partial charge in [0.2, 0.25) is 0 Å². The molecule has 3 nitrogen and oxygen atoms in total. The third-order valence-corrected chi connectivity index (χ3v) is 2.30. The average molecular weight is 193 g/mol. The molecule has 0 saturated carbocycles. The molecule has 0 amide bonds. The maximum absolute atomic E-state index is 5.73. The minimum Gasteiger partial charge on any atom is -0.328 e. The lowest BCUT2D eigenvalue weighted by atomic mass is 10.0. The highest BCUT2D eigenvalue weighted by molar-refractivity contribution is 5.08. The zero-order valence-electron chi connectivity index (χ0n) is 8.90. The van der Waals surface area contributed by atoms with Gasteiger partial charge in [-0.3, -0.25) is 4.98 Å². The first kappa shape index (κ1) is 11.1. The molecule has 2 unspecified atom stereocenters. The molecule has 0 spiro atoms. The molecule has 0 radical (unpaired) electrons. The van der Waals surface area contributed by atoms with E-state index in [0.717, 1.165) is 18.5 Å². The fourth-order valence-corrected chi connectivity index (χ4v) is 1.45. The monoisotopic (exact) mass is 193 g/mol. The molecule has 0 bridgehead atoms. The molecule has 1 rings (SSSR count). The minimum absolute atomic E-state index is 0.259. The van der Waals surface area contributed by atoms with Gasteiger partial charge in [0, 0.05) is 18.3 Å². The van der Waals surface area contributed by atoms with Crippen LogP contribution in [0.4, 0.5) is 0 Å². The van der Waals surface area contributed by atoms with Crippen LogP contribution in [0.5, 0.6) is 0 Å². The molecule has 3 N–H and O–H groups in total. The van der Waals surface area contributed by atoms with Crippen LogP contribution in [0.3, 0.4) is 0 Å². The molecule has 0 saturated heterocycles. The quantitative estimate of drug-likeness (QED) is 0.744. The molecule has 78 valence electrons. The van der Waals surface area contributed by atoms with Crippen LogP contribution in [0.15, 0.2) is 24.4 Å². The number of pyridine rings is 1. The molecule has 2 atom stereocenters. The summed E-state index contributed by atoms with van der Waals surface area (Å²) in [5.74, 6) is 0. The highest BCUT2D eigenvalue weighted by Gasteiger charge is 2.10. The molecule has 0 aliphatic rings. The first-order valence-electron chi connectivity index (χ1n) is 5.08. The summed E-state index contributed by atoms with van der Waals surface area (Å²) in [6.45, 7) is 2.03. The molecule has 3 heteroatoms. The zero-order valence-corrected chi connectivity index (χ0v) is 8.90. The van der Waals surface area contributed by atoms with Crippen LogP contribution in [0, 0.1) is 0 Å². The molecular formula is C11H19N3. The Morgan fingerprint density at radius 1 is 1.43 bits per heavy atom. The molecule has 0 aliphatic carbocycles. The molecular weight excluding hydrogens is 174 g/mol. The van der Waals surface area contributed by atoms with Gasteiger partial charge in [-0.05, 0) is 38.9 Å². The third-order valence-electron chi connectivity index (χ3n) is 2.30. The van der Waals surface area contributed by atoms with E-state index in [-0.39, 0.29) is 6.04 Å². The second kappa shape index (κ2) is 5.73. The molecule has 1 aromatic rings. The Labute approximate surface area is 85.7 Å². The number of hydrogen-bond acceptors (Lipinski definition) is 3. The predicted octanol–water partition coefficient (Wildman–Crippen LogP) is 1.47. The van der Waals surface area contributed by atoms with Crippen molar-refractivity contribution >= 4 is 0 Å². The van der Waals surface area contributed by atoms with Crippen LogP contribution >= 0.6 is 0 Å². The summed E-state index contributed by atoms with van der Waals surface area (Å²) >= 11 is 0. The van der Waals surface area contributed by atoms with Gasteiger partial charge in [-0.1, -0.05) is 6.07 Å². The minimum atomic E-state index is 0.259. The number of rotatable bonds is 5. The maximum atomic E-state index is 5.73. The molecule has 14 heavy (non-hydrogen) atoms. The summed E-state index contributed by atoms with van der Waals surface area (Å²) in [5.41, 5.74) is 6.82. The number of aromatic nitrogens is 1. The summed E-state index contributed by atoms with van der Waals surface area (Å²) in [6, 6.07) is 6.57. The van der Waals surface area contributed by atoms with Gasteiger partial charge in [-0.2, -0.15) is 0 Å². The summed E-state index contributed by atoms with van der Waals surface area (Å²) in [5, 5.41) is 3.26. The van der Waals surface area contributed by atoms with Gasteiger partial charge in [0.1, 0.15) is 0 Å². The first-order chi connectivity index (χ1) is 6.74. The smallest absolute Gasteiger partial charge is 0.0573 e. The lowest BCUT2D eigenvalue weighted by Gasteiger charge is -2.16. The van der Waals surface area contributed by atoms with Crippen LogP contribution in [-0.2, 0) is 0 Å². The van der Waals surface area contributed by atoms with Gasteiger partial charge < -0.3 is 11.1 Å². The topological polar surface area (TPSA) is 50.9 Å². The van der Waals surface area contributed by atoms with Crippen LogP contribution in [0.25, 0.3) is 0 Å². The van der Waals surface area contributed by atoms with E-state index < -0.39 is 0 Å². The fraction of sp³-hybridized carbons (Fsp3) is 0.545. The van der Waals surface area contributed by atoms with E-state index in [4.69, 9.17) is 5.73 Å². The Bertz CT molecular complexity index is 246. The molecule has 0 aromatic carbocycles. The van der Waals surface area contributed by atoms with Crippen LogP contribution < -0.4 is 11.1 Å². The van der Waals surface area contributed by atoms with E-state index in [9.17, 15) is 0 Å². The van der Waals surface area contributed by atoms with Crippen molar-refractivity contribution in [2.45, 2.75) is 31.8 Å². The first-order valence-corrected chi connectivity index (χ1v) is 5.08. The Morgan fingerprint density at radius 3 is 2.71 bits per heavy atom. The van der Waals surface area contributed by atoms with Gasteiger partial charge in [-0.15, -0.1) is 0 Å². The van der Waals surface area contributed by atoms with E-state index in [1.54, 1.807) is 0 Å². The normalized spacial score (nSPS) is 15.1. The van der Waals surface area contributed by atoms with Crippen molar-refractivity contribution < 1.29 is 0 Å². The van der Waals surface area contributed by atoms with Crippen molar-refractivity contribution in [3.8, 4) is 0 Å². The van der Waals surface area contributed by atoms with Crippen molar-refractivity contribution in [1.29, 1.82) is 0 Å². The highest BCUT2D eigenvalue weighted by Crippen LogP contribution is 2.15. The summed E-state index contributed by atoms with van der Waals surface area (Å²) in [4.78, 5) is 4.32. The van der Waals surface area contributed by atoms with E-state index in [0.29, 0.717) is 6.04 Å². The van der Waals surface area contributed by atoms with E-state index in [1.807, 2.05) is 38.4 Å². The number of hydrogen-bond donors (Lipinski definition) is 2. The van der Waals surface area contributed by atoms with Gasteiger partial charge in [-0.25, -0.2) is 0 Å². The van der Waals surface area contributed by atoms with Gasteiger partial charge in [0.05, 0.1) is 5.69 Å².